The normalized spacial score (nSPS) is 12.9. The summed E-state index contributed by atoms with van der Waals surface area (Å²) in [4.78, 5) is 28.8. The van der Waals surface area contributed by atoms with E-state index in [0.717, 1.165) is 15.4 Å². The van der Waals surface area contributed by atoms with Gasteiger partial charge < -0.3 is 10.2 Å². The second-order valence-electron chi connectivity index (χ2n) is 10.0. The molecule has 7 nitrogen and oxygen atoms in total. The van der Waals surface area contributed by atoms with E-state index in [1.54, 1.807) is 49.4 Å². The van der Waals surface area contributed by atoms with Gasteiger partial charge in [-0.25, -0.2) is 8.42 Å². The Bertz CT molecular complexity index is 1460. The lowest BCUT2D eigenvalue weighted by Crippen LogP contribution is -2.52. The number of nitrogens with one attached hydrogen (secondary N) is 1. The summed E-state index contributed by atoms with van der Waals surface area (Å²) in [5.41, 5.74) is 2.54. The molecule has 0 bridgehead atoms. The fourth-order valence-corrected chi connectivity index (χ4v) is 6.27. The second kappa shape index (κ2) is 14.2. The highest BCUT2D eigenvalue weighted by molar-refractivity contribution is 7.92. The Morgan fingerprint density at radius 2 is 1.51 bits per heavy atom. The van der Waals surface area contributed by atoms with Crippen LogP contribution in [0.1, 0.15) is 50.8 Å². The number of para-hydroxylation sites is 1. The Morgan fingerprint density at radius 1 is 0.902 bits per heavy atom. The van der Waals surface area contributed by atoms with Crippen LogP contribution in [0.15, 0.2) is 71.6 Å². The van der Waals surface area contributed by atoms with E-state index in [1.165, 1.54) is 17.0 Å². The highest BCUT2D eigenvalue weighted by Gasteiger charge is 2.34. The minimum atomic E-state index is -4.16. The predicted octanol–water partition coefficient (Wildman–Crippen LogP) is 6.39. The zero-order valence-electron chi connectivity index (χ0n) is 24.0. The van der Waals surface area contributed by atoms with Crippen LogP contribution in [0.4, 0.5) is 5.69 Å². The molecule has 41 heavy (non-hydrogen) atoms. The highest BCUT2D eigenvalue weighted by Crippen LogP contribution is 2.30. The van der Waals surface area contributed by atoms with Crippen LogP contribution in [-0.4, -0.2) is 43.8 Å². The smallest absolute Gasteiger partial charge is 0.264 e. The molecule has 0 aromatic heterocycles. The molecule has 1 N–H and O–H groups in total. The number of hydrogen-bond acceptors (Lipinski definition) is 4. The first kappa shape index (κ1) is 32.4. The van der Waals surface area contributed by atoms with Crippen LogP contribution in [0, 0.1) is 6.92 Å². The van der Waals surface area contributed by atoms with Crippen LogP contribution in [0.3, 0.4) is 0 Å². The third-order valence-electron chi connectivity index (χ3n) is 7.09. The van der Waals surface area contributed by atoms with Crippen molar-refractivity contribution in [1.29, 1.82) is 0 Å². The van der Waals surface area contributed by atoms with Gasteiger partial charge in [-0.05, 0) is 69.5 Å². The van der Waals surface area contributed by atoms with E-state index >= 15 is 0 Å². The molecule has 0 heterocycles. The molecular weight excluding hydrogens is 581 g/mol. The first-order valence-corrected chi connectivity index (χ1v) is 15.8. The van der Waals surface area contributed by atoms with Crippen LogP contribution < -0.4 is 9.62 Å². The minimum Gasteiger partial charge on any atom is -0.352 e. The number of carbonyl (C=O) groups excluding carboxylic acids is 2. The Morgan fingerprint density at radius 3 is 2.10 bits per heavy atom. The molecule has 220 valence electrons. The Hall–Kier alpha value is -3.07. The van der Waals surface area contributed by atoms with Crippen molar-refractivity contribution < 1.29 is 18.0 Å². The molecule has 2 amide bonds. The van der Waals surface area contributed by atoms with Crippen LogP contribution in [0.5, 0.6) is 0 Å². The van der Waals surface area contributed by atoms with Crippen molar-refractivity contribution in [2.45, 2.75) is 71.0 Å². The Labute approximate surface area is 253 Å². The van der Waals surface area contributed by atoms with Crippen LogP contribution in [0.25, 0.3) is 0 Å². The molecular formula is C31H37Cl2N3O4S. The van der Waals surface area contributed by atoms with Gasteiger partial charge in [0.05, 0.1) is 10.6 Å². The summed E-state index contributed by atoms with van der Waals surface area (Å²) in [5.74, 6) is -0.938. The fraction of sp³-hybridized carbons (Fsp3) is 0.355. The largest absolute Gasteiger partial charge is 0.352 e. The zero-order valence-corrected chi connectivity index (χ0v) is 26.4. The molecule has 0 radical (unpaired) electrons. The molecule has 10 heteroatoms. The van der Waals surface area contributed by atoms with Crippen LogP contribution in [0.2, 0.25) is 10.0 Å². The van der Waals surface area contributed by atoms with Gasteiger partial charge in [0.2, 0.25) is 11.8 Å². The average Bonchev–Trinajstić information content (AvgIpc) is 2.95. The third kappa shape index (κ3) is 7.82. The number of nitrogens with zero attached hydrogens (tertiary/aromatic N) is 2. The van der Waals surface area contributed by atoms with Gasteiger partial charge in [-0.1, -0.05) is 79.0 Å². The van der Waals surface area contributed by atoms with E-state index in [9.17, 15) is 18.0 Å². The molecule has 3 aromatic rings. The summed E-state index contributed by atoms with van der Waals surface area (Å²) in [6.45, 7) is 8.61. The Kier molecular flexibility index (Phi) is 11.2. The molecule has 3 rings (SSSR count). The van der Waals surface area contributed by atoms with Crippen molar-refractivity contribution in [3.8, 4) is 0 Å². The number of amides is 2. The first-order valence-electron chi connectivity index (χ1n) is 13.6. The number of sulfonamides is 1. The molecule has 0 spiro atoms. The predicted molar refractivity (Wildman–Crippen MR) is 166 cm³/mol. The maximum atomic E-state index is 14.1. The lowest BCUT2D eigenvalue weighted by atomic mass is 10.1. The van der Waals surface area contributed by atoms with Crippen molar-refractivity contribution >= 4 is 50.7 Å². The van der Waals surface area contributed by atoms with Crippen molar-refractivity contribution in [1.82, 2.24) is 10.2 Å². The van der Waals surface area contributed by atoms with Gasteiger partial charge in [0.15, 0.2) is 0 Å². The SMILES string of the molecule is CCc1ccccc1N(CC(=O)N(Cc1c(Cl)cccc1Cl)[C@@H](C)C(=O)N[C@H](C)CC)S(=O)(=O)c1ccc(C)cc1. The molecule has 0 aliphatic carbocycles. The van der Waals surface area contributed by atoms with Gasteiger partial charge in [0.1, 0.15) is 12.6 Å². The number of hydrogen-bond donors (Lipinski definition) is 1. The number of anilines is 1. The lowest BCUT2D eigenvalue weighted by Gasteiger charge is -2.33. The van der Waals surface area contributed by atoms with E-state index in [2.05, 4.69) is 5.32 Å². The van der Waals surface area contributed by atoms with Crippen LogP contribution in [-0.2, 0) is 32.6 Å². The summed E-state index contributed by atoms with van der Waals surface area (Å²) in [5, 5.41) is 3.59. The first-order chi connectivity index (χ1) is 19.4. The van der Waals surface area contributed by atoms with E-state index in [4.69, 9.17) is 23.2 Å². The fourth-order valence-electron chi connectivity index (χ4n) is 4.31. The quantitative estimate of drug-likeness (QED) is 0.255. The average molecular weight is 619 g/mol. The molecule has 0 saturated heterocycles. The molecule has 0 aliphatic rings. The third-order valence-corrected chi connectivity index (χ3v) is 9.57. The molecule has 0 saturated carbocycles. The van der Waals surface area contributed by atoms with E-state index in [-0.39, 0.29) is 23.4 Å². The summed E-state index contributed by atoms with van der Waals surface area (Å²) in [6, 6.07) is 17.5. The molecule has 0 unspecified atom stereocenters. The second-order valence-corrected chi connectivity index (χ2v) is 12.7. The molecule has 0 aliphatic heterocycles. The Balaban J connectivity index is 2.10. The standard InChI is InChI=1S/C31H37Cl2N3O4S/c1-6-22(4)34-31(38)23(5)35(19-26-27(32)12-10-13-28(26)33)30(37)20-36(29-14-9-8-11-24(29)7-2)41(39,40)25-17-15-21(3)16-18-25/h8-18,22-23H,6-7,19-20H2,1-5H3,(H,34,38)/t22-,23+/m1/s1. The van der Waals surface area contributed by atoms with E-state index in [0.29, 0.717) is 34.1 Å². The van der Waals surface area contributed by atoms with Gasteiger partial charge in [-0.2, -0.15) is 0 Å². The number of carbonyl (C=O) groups is 2. The molecule has 2 atom stereocenters. The van der Waals surface area contributed by atoms with Gasteiger partial charge in [-0.3, -0.25) is 13.9 Å². The van der Waals surface area contributed by atoms with Crippen molar-refractivity contribution in [3.63, 3.8) is 0 Å². The topological polar surface area (TPSA) is 86.8 Å². The summed E-state index contributed by atoms with van der Waals surface area (Å²) in [7, 11) is -4.16. The zero-order chi connectivity index (χ0) is 30.3. The number of rotatable bonds is 12. The monoisotopic (exact) mass is 617 g/mol. The van der Waals surface area contributed by atoms with Gasteiger partial charge in [-0.15, -0.1) is 0 Å². The van der Waals surface area contributed by atoms with Crippen molar-refractivity contribution in [3.05, 3.63) is 93.5 Å². The van der Waals surface area contributed by atoms with Gasteiger partial charge >= 0.3 is 0 Å². The van der Waals surface area contributed by atoms with E-state index < -0.39 is 28.5 Å². The van der Waals surface area contributed by atoms with Gasteiger partial charge in [0.25, 0.3) is 10.0 Å². The summed E-state index contributed by atoms with van der Waals surface area (Å²) < 4.78 is 29.2. The molecule has 3 aromatic carbocycles. The van der Waals surface area contributed by atoms with Gasteiger partial charge in [0, 0.05) is 28.2 Å². The van der Waals surface area contributed by atoms with Crippen molar-refractivity contribution in [2.24, 2.45) is 0 Å². The molecule has 0 fully saturated rings. The summed E-state index contributed by atoms with van der Waals surface area (Å²) >= 11 is 12.9. The maximum Gasteiger partial charge on any atom is 0.264 e. The number of halogens is 2. The van der Waals surface area contributed by atoms with Crippen molar-refractivity contribution in [2.75, 3.05) is 10.8 Å². The van der Waals surface area contributed by atoms with Crippen LogP contribution >= 0.6 is 23.2 Å². The minimum absolute atomic E-state index is 0.0602. The lowest BCUT2D eigenvalue weighted by molar-refractivity contribution is -0.139. The van der Waals surface area contributed by atoms with E-state index in [1.807, 2.05) is 39.8 Å². The maximum absolute atomic E-state index is 14.1. The summed E-state index contributed by atoms with van der Waals surface area (Å²) in [6.07, 6.45) is 1.26. The number of benzene rings is 3. The number of aryl methyl sites for hydroxylation is 2. The highest BCUT2D eigenvalue weighted by atomic mass is 35.5.